The van der Waals surface area contributed by atoms with E-state index in [0.717, 1.165) is 39.1 Å². The number of carboxylic acid groups (broad SMARTS) is 1. The molecule has 0 atom stereocenters. The van der Waals surface area contributed by atoms with Crippen molar-refractivity contribution in [3.8, 4) is 0 Å². The molecule has 0 spiro atoms. The molecule has 1 aliphatic rings. The van der Waals surface area contributed by atoms with E-state index in [-0.39, 0.29) is 11.5 Å². The van der Waals surface area contributed by atoms with Gasteiger partial charge in [-0.25, -0.2) is 4.79 Å². The van der Waals surface area contributed by atoms with Gasteiger partial charge < -0.3 is 20.6 Å². The average Bonchev–Trinajstić information content (AvgIpc) is 2.52. The van der Waals surface area contributed by atoms with E-state index in [0.29, 0.717) is 12.1 Å². The van der Waals surface area contributed by atoms with E-state index < -0.39 is 5.97 Å². The summed E-state index contributed by atoms with van der Waals surface area (Å²) in [7, 11) is 0. The quantitative estimate of drug-likeness (QED) is 0.661. The van der Waals surface area contributed by atoms with Gasteiger partial charge in [0.25, 0.3) is 5.91 Å². The first-order valence-electron chi connectivity index (χ1n) is 7.21. The second-order valence-corrected chi connectivity index (χ2v) is 5.09. The molecule has 0 saturated carbocycles. The first kappa shape index (κ1) is 15.5. The van der Waals surface area contributed by atoms with E-state index in [1.54, 1.807) is 12.1 Å². The summed E-state index contributed by atoms with van der Waals surface area (Å²) in [5.41, 5.74) is 0.514. The molecular formula is C15H21N3O3. The highest BCUT2D eigenvalue weighted by atomic mass is 16.4. The van der Waals surface area contributed by atoms with Crippen molar-refractivity contribution in [1.29, 1.82) is 0 Å². The molecule has 1 fully saturated rings. The fourth-order valence-corrected chi connectivity index (χ4v) is 2.33. The summed E-state index contributed by atoms with van der Waals surface area (Å²) in [4.78, 5) is 25.2. The van der Waals surface area contributed by atoms with Gasteiger partial charge in [-0.1, -0.05) is 6.07 Å². The molecule has 1 aromatic rings. The Bertz CT molecular complexity index is 499. The van der Waals surface area contributed by atoms with Crippen LogP contribution in [0.2, 0.25) is 0 Å². The van der Waals surface area contributed by atoms with E-state index in [2.05, 4.69) is 15.5 Å². The molecule has 6 nitrogen and oxygen atoms in total. The molecule has 114 valence electrons. The number of amides is 1. The minimum absolute atomic E-state index is 0.128. The first-order valence-corrected chi connectivity index (χ1v) is 7.21. The van der Waals surface area contributed by atoms with Gasteiger partial charge in [-0.3, -0.25) is 4.79 Å². The molecule has 21 heavy (non-hydrogen) atoms. The number of benzene rings is 1. The number of hydrogen-bond donors (Lipinski definition) is 3. The summed E-state index contributed by atoms with van der Waals surface area (Å²) in [5.74, 6) is -1.25. The third-order valence-corrected chi connectivity index (χ3v) is 3.52. The van der Waals surface area contributed by atoms with Crippen LogP contribution in [0.1, 0.15) is 27.1 Å². The second-order valence-electron chi connectivity index (χ2n) is 5.09. The molecule has 0 aromatic heterocycles. The molecule has 0 aliphatic carbocycles. The van der Waals surface area contributed by atoms with Crippen molar-refractivity contribution in [2.75, 3.05) is 39.3 Å². The normalized spacial score (nSPS) is 15.6. The van der Waals surface area contributed by atoms with Crippen molar-refractivity contribution in [3.05, 3.63) is 35.4 Å². The molecule has 6 heteroatoms. The molecule has 1 saturated heterocycles. The fourth-order valence-electron chi connectivity index (χ4n) is 2.33. The van der Waals surface area contributed by atoms with Crippen LogP contribution in [0.15, 0.2) is 24.3 Å². The van der Waals surface area contributed by atoms with Gasteiger partial charge in [-0.2, -0.15) is 0 Å². The topological polar surface area (TPSA) is 81.7 Å². The number of carbonyl (C=O) groups is 2. The maximum Gasteiger partial charge on any atom is 0.335 e. The number of hydrogen-bond acceptors (Lipinski definition) is 4. The SMILES string of the molecule is O=C(O)c1cccc(C(=O)NCCCN2CCNCC2)c1. The van der Waals surface area contributed by atoms with E-state index >= 15 is 0 Å². The van der Waals surface area contributed by atoms with Gasteiger partial charge in [0.1, 0.15) is 0 Å². The van der Waals surface area contributed by atoms with Crippen molar-refractivity contribution in [2.24, 2.45) is 0 Å². The largest absolute Gasteiger partial charge is 0.478 e. The van der Waals surface area contributed by atoms with Crippen LogP contribution in [0.4, 0.5) is 0 Å². The van der Waals surface area contributed by atoms with Crippen LogP contribution >= 0.6 is 0 Å². The van der Waals surface area contributed by atoms with E-state index in [4.69, 9.17) is 5.11 Å². The van der Waals surface area contributed by atoms with Gasteiger partial charge in [0, 0.05) is 38.3 Å². The third kappa shape index (κ3) is 4.84. The van der Waals surface area contributed by atoms with E-state index in [9.17, 15) is 9.59 Å². The number of piperazine rings is 1. The Balaban J connectivity index is 1.74. The summed E-state index contributed by atoms with van der Waals surface area (Å²) in [6, 6.07) is 6.08. The minimum Gasteiger partial charge on any atom is -0.478 e. The lowest BCUT2D eigenvalue weighted by molar-refractivity contribution is 0.0697. The number of rotatable bonds is 6. The van der Waals surface area contributed by atoms with Crippen molar-refractivity contribution >= 4 is 11.9 Å². The molecule has 0 radical (unpaired) electrons. The Labute approximate surface area is 124 Å². The van der Waals surface area contributed by atoms with Crippen LogP contribution < -0.4 is 10.6 Å². The standard InChI is InChI=1S/C15H21N3O3/c19-14(12-3-1-4-13(11-12)15(20)21)17-5-2-8-18-9-6-16-7-10-18/h1,3-4,11,16H,2,5-10H2,(H,17,19)(H,20,21). The lowest BCUT2D eigenvalue weighted by atomic mass is 10.1. The van der Waals surface area contributed by atoms with Crippen LogP contribution in [0, 0.1) is 0 Å². The third-order valence-electron chi connectivity index (χ3n) is 3.52. The predicted octanol–water partition coefficient (Wildman–Crippen LogP) is 0.410. The summed E-state index contributed by atoms with van der Waals surface area (Å²) >= 11 is 0. The zero-order valence-electron chi connectivity index (χ0n) is 12.0. The van der Waals surface area contributed by atoms with Gasteiger partial charge in [0.05, 0.1) is 5.56 Å². The Kier molecular flexibility index (Phi) is 5.71. The highest BCUT2D eigenvalue weighted by molar-refractivity contribution is 5.97. The highest BCUT2D eigenvalue weighted by Crippen LogP contribution is 2.05. The highest BCUT2D eigenvalue weighted by Gasteiger charge is 2.10. The van der Waals surface area contributed by atoms with Gasteiger partial charge in [0.2, 0.25) is 0 Å². The Morgan fingerprint density at radius 3 is 2.67 bits per heavy atom. The summed E-state index contributed by atoms with van der Waals surface area (Å²) < 4.78 is 0. The monoisotopic (exact) mass is 291 g/mol. The molecule has 1 amide bonds. The van der Waals surface area contributed by atoms with Crippen LogP contribution in [0.25, 0.3) is 0 Å². The molecular weight excluding hydrogens is 270 g/mol. The van der Waals surface area contributed by atoms with E-state index in [1.165, 1.54) is 12.1 Å². The molecule has 1 aliphatic heterocycles. The number of nitrogens with one attached hydrogen (secondary N) is 2. The Morgan fingerprint density at radius 2 is 1.95 bits per heavy atom. The van der Waals surface area contributed by atoms with Gasteiger partial charge in [-0.15, -0.1) is 0 Å². The average molecular weight is 291 g/mol. The van der Waals surface area contributed by atoms with Crippen LogP contribution in [0.5, 0.6) is 0 Å². The molecule has 1 aromatic carbocycles. The maximum absolute atomic E-state index is 11.9. The number of carboxylic acids is 1. The second kappa shape index (κ2) is 7.75. The molecule has 3 N–H and O–H groups in total. The number of aromatic carboxylic acids is 1. The first-order chi connectivity index (χ1) is 10.2. The van der Waals surface area contributed by atoms with Crippen molar-refractivity contribution in [1.82, 2.24) is 15.5 Å². The Hall–Kier alpha value is -1.92. The zero-order chi connectivity index (χ0) is 15.1. The van der Waals surface area contributed by atoms with Crippen molar-refractivity contribution in [2.45, 2.75) is 6.42 Å². The van der Waals surface area contributed by atoms with Crippen LogP contribution in [-0.4, -0.2) is 61.2 Å². The molecule has 0 unspecified atom stereocenters. The molecule has 2 rings (SSSR count). The molecule has 0 bridgehead atoms. The Morgan fingerprint density at radius 1 is 1.24 bits per heavy atom. The summed E-state index contributed by atoms with van der Waals surface area (Å²) in [5, 5.41) is 15.0. The smallest absolute Gasteiger partial charge is 0.335 e. The van der Waals surface area contributed by atoms with E-state index in [1.807, 2.05) is 0 Å². The van der Waals surface area contributed by atoms with Crippen LogP contribution in [0.3, 0.4) is 0 Å². The molecule has 1 heterocycles. The number of carbonyl (C=O) groups excluding carboxylic acids is 1. The van der Waals surface area contributed by atoms with Crippen molar-refractivity contribution in [3.63, 3.8) is 0 Å². The fraction of sp³-hybridized carbons (Fsp3) is 0.467. The van der Waals surface area contributed by atoms with Crippen LogP contribution in [-0.2, 0) is 0 Å². The van der Waals surface area contributed by atoms with Crippen molar-refractivity contribution < 1.29 is 14.7 Å². The summed E-state index contributed by atoms with van der Waals surface area (Å²) in [6.07, 6.45) is 0.893. The predicted molar refractivity (Wildman–Crippen MR) is 79.7 cm³/mol. The van der Waals surface area contributed by atoms with Gasteiger partial charge >= 0.3 is 5.97 Å². The number of nitrogens with zero attached hydrogens (tertiary/aromatic N) is 1. The zero-order valence-corrected chi connectivity index (χ0v) is 12.0. The minimum atomic E-state index is -1.02. The maximum atomic E-state index is 11.9. The van der Waals surface area contributed by atoms with Gasteiger partial charge in [0.15, 0.2) is 0 Å². The summed E-state index contributed by atoms with van der Waals surface area (Å²) in [6.45, 7) is 5.71. The van der Waals surface area contributed by atoms with Gasteiger partial charge in [-0.05, 0) is 31.2 Å². The lowest BCUT2D eigenvalue weighted by Gasteiger charge is -2.27. The lowest BCUT2D eigenvalue weighted by Crippen LogP contribution is -2.44.